The number of rotatable bonds is 7. The van der Waals surface area contributed by atoms with Gasteiger partial charge in [0.15, 0.2) is 0 Å². The molecule has 0 aliphatic carbocycles. The number of hydrogen-bond acceptors (Lipinski definition) is 3. The topological polar surface area (TPSA) is 39.1 Å². The molecule has 0 spiro atoms. The first-order valence-corrected chi connectivity index (χ1v) is 5.93. The van der Waals surface area contributed by atoms with Gasteiger partial charge in [0.1, 0.15) is 0 Å². The highest BCUT2D eigenvalue weighted by atomic mass is 16.5. The van der Waals surface area contributed by atoms with Gasteiger partial charge in [-0.15, -0.1) is 0 Å². The van der Waals surface area contributed by atoms with Gasteiger partial charge < -0.3 is 10.1 Å². The van der Waals surface area contributed by atoms with E-state index in [1.807, 2.05) is 10.9 Å². The van der Waals surface area contributed by atoms with Gasteiger partial charge in [0, 0.05) is 31.9 Å². The standard InChI is InChI=1S/C12H23N3O/c1-5-11(3)15-7-6-12(14-15)8-13-10(2)9-16-4/h6-7,10-11,13H,5,8-9H2,1-4H3. The minimum absolute atomic E-state index is 0.360. The molecule has 1 heterocycles. The Morgan fingerprint density at radius 3 is 2.88 bits per heavy atom. The number of ether oxygens (including phenoxy) is 1. The summed E-state index contributed by atoms with van der Waals surface area (Å²) < 4.78 is 7.09. The van der Waals surface area contributed by atoms with Crippen molar-refractivity contribution in [3.8, 4) is 0 Å². The van der Waals surface area contributed by atoms with E-state index in [4.69, 9.17) is 4.74 Å². The minimum atomic E-state index is 0.360. The summed E-state index contributed by atoms with van der Waals surface area (Å²) in [6, 6.07) is 2.91. The zero-order valence-corrected chi connectivity index (χ0v) is 10.7. The number of hydrogen-bond donors (Lipinski definition) is 1. The van der Waals surface area contributed by atoms with Gasteiger partial charge in [0.2, 0.25) is 0 Å². The monoisotopic (exact) mass is 225 g/mol. The summed E-state index contributed by atoms with van der Waals surface area (Å²) in [7, 11) is 1.72. The van der Waals surface area contributed by atoms with Gasteiger partial charge in [-0.05, 0) is 26.3 Å². The summed E-state index contributed by atoms with van der Waals surface area (Å²) in [5, 5.41) is 7.90. The zero-order chi connectivity index (χ0) is 12.0. The smallest absolute Gasteiger partial charge is 0.0762 e. The maximum Gasteiger partial charge on any atom is 0.0762 e. The molecule has 0 bridgehead atoms. The third-order valence-corrected chi connectivity index (χ3v) is 2.75. The molecular weight excluding hydrogens is 202 g/mol. The van der Waals surface area contributed by atoms with Crippen molar-refractivity contribution in [1.29, 1.82) is 0 Å². The predicted molar refractivity (Wildman–Crippen MR) is 65.4 cm³/mol. The summed E-state index contributed by atoms with van der Waals surface area (Å²) in [6.45, 7) is 7.98. The van der Waals surface area contributed by atoms with Crippen molar-refractivity contribution in [3.63, 3.8) is 0 Å². The fourth-order valence-corrected chi connectivity index (χ4v) is 1.49. The third-order valence-electron chi connectivity index (χ3n) is 2.75. The molecule has 1 rings (SSSR count). The molecule has 0 aliphatic heterocycles. The first kappa shape index (κ1) is 13.2. The Hall–Kier alpha value is -0.870. The Morgan fingerprint density at radius 2 is 2.25 bits per heavy atom. The summed E-state index contributed by atoms with van der Waals surface area (Å²) in [6.07, 6.45) is 3.15. The van der Waals surface area contributed by atoms with Crippen molar-refractivity contribution in [2.75, 3.05) is 13.7 Å². The van der Waals surface area contributed by atoms with Gasteiger partial charge in [-0.1, -0.05) is 6.92 Å². The largest absolute Gasteiger partial charge is 0.383 e. The highest BCUT2D eigenvalue weighted by molar-refractivity contribution is 4.99. The highest BCUT2D eigenvalue weighted by Crippen LogP contribution is 2.09. The van der Waals surface area contributed by atoms with Gasteiger partial charge in [-0.2, -0.15) is 5.10 Å². The van der Waals surface area contributed by atoms with Crippen LogP contribution in [0.1, 0.15) is 38.9 Å². The van der Waals surface area contributed by atoms with Crippen molar-refractivity contribution in [2.24, 2.45) is 0 Å². The van der Waals surface area contributed by atoms with Crippen LogP contribution >= 0.6 is 0 Å². The summed E-state index contributed by atoms with van der Waals surface area (Å²) in [5.74, 6) is 0. The molecule has 2 atom stereocenters. The lowest BCUT2D eigenvalue weighted by Gasteiger charge is -2.11. The van der Waals surface area contributed by atoms with Crippen molar-refractivity contribution in [1.82, 2.24) is 15.1 Å². The second kappa shape index (κ2) is 6.66. The van der Waals surface area contributed by atoms with Gasteiger partial charge in [0.05, 0.1) is 12.3 Å². The van der Waals surface area contributed by atoms with Crippen molar-refractivity contribution in [3.05, 3.63) is 18.0 Å². The highest BCUT2D eigenvalue weighted by Gasteiger charge is 2.05. The first-order valence-electron chi connectivity index (χ1n) is 5.93. The summed E-state index contributed by atoms with van der Waals surface area (Å²) >= 11 is 0. The van der Waals surface area contributed by atoms with Gasteiger partial charge in [0.25, 0.3) is 0 Å². The summed E-state index contributed by atoms with van der Waals surface area (Å²) in [4.78, 5) is 0. The molecule has 1 aromatic heterocycles. The second-order valence-corrected chi connectivity index (χ2v) is 4.28. The molecule has 1 aromatic rings. The lowest BCUT2D eigenvalue weighted by molar-refractivity contribution is 0.171. The maximum atomic E-state index is 5.06. The maximum absolute atomic E-state index is 5.06. The number of aromatic nitrogens is 2. The Bertz CT molecular complexity index is 298. The van der Waals surface area contributed by atoms with Crippen LogP contribution in [-0.2, 0) is 11.3 Å². The van der Waals surface area contributed by atoms with E-state index in [1.54, 1.807) is 7.11 Å². The van der Waals surface area contributed by atoms with Crippen LogP contribution < -0.4 is 5.32 Å². The van der Waals surface area contributed by atoms with Crippen LogP contribution in [-0.4, -0.2) is 29.5 Å². The molecule has 16 heavy (non-hydrogen) atoms. The van der Waals surface area contributed by atoms with Crippen LogP contribution in [0.5, 0.6) is 0 Å². The second-order valence-electron chi connectivity index (χ2n) is 4.28. The molecule has 0 radical (unpaired) electrons. The average molecular weight is 225 g/mol. The fraction of sp³-hybridized carbons (Fsp3) is 0.750. The molecule has 0 aromatic carbocycles. The molecule has 0 aliphatic rings. The van der Waals surface area contributed by atoms with E-state index in [-0.39, 0.29) is 0 Å². The number of nitrogens with zero attached hydrogens (tertiary/aromatic N) is 2. The Labute approximate surface area is 98.0 Å². The normalized spacial score (nSPS) is 15.0. The van der Waals surface area contributed by atoms with Crippen molar-refractivity contribution < 1.29 is 4.74 Å². The van der Waals surface area contributed by atoms with Crippen molar-refractivity contribution >= 4 is 0 Å². The van der Waals surface area contributed by atoms with Crippen LogP contribution in [0.4, 0.5) is 0 Å². The van der Waals surface area contributed by atoms with E-state index in [0.717, 1.165) is 25.3 Å². The molecule has 0 amide bonds. The van der Waals surface area contributed by atoms with E-state index in [2.05, 4.69) is 37.3 Å². The molecule has 0 fully saturated rings. The van der Waals surface area contributed by atoms with E-state index in [1.165, 1.54) is 0 Å². The number of nitrogens with one attached hydrogen (secondary N) is 1. The molecule has 92 valence electrons. The summed E-state index contributed by atoms with van der Waals surface area (Å²) in [5.41, 5.74) is 1.09. The van der Waals surface area contributed by atoms with E-state index < -0.39 is 0 Å². The van der Waals surface area contributed by atoms with Crippen molar-refractivity contribution in [2.45, 2.75) is 45.8 Å². The van der Waals surface area contributed by atoms with E-state index in [9.17, 15) is 0 Å². The van der Waals surface area contributed by atoms with Crippen LogP contribution in [0.25, 0.3) is 0 Å². The average Bonchev–Trinajstić information content (AvgIpc) is 2.74. The van der Waals surface area contributed by atoms with Crippen LogP contribution in [0.15, 0.2) is 12.3 Å². The number of methoxy groups -OCH3 is 1. The Balaban J connectivity index is 2.40. The van der Waals surface area contributed by atoms with Gasteiger partial charge in [-0.25, -0.2) is 0 Å². The molecule has 0 saturated carbocycles. The lowest BCUT2D eigenvalue weighted by Crippen LogP contribution is -2.29. The molecule has 2 unspecified atom stereocenters. The van der Waals surface area contributed by atoms with Gasteiger partial charge >= 0.3 is 0 Å². The molecule has 1 N–H and O–H groups in total. The molecular formula is C12H23N3O. The van der Waals surface area contributed by atoms with Crippen LogP contribution in [0.2, 0.25) is 0 Å². The lowest BCUT2D eigenvalue weighted by atomic mass is 10.3. The SMILES string of the molecule is CCC(C)n1ccc(CNC(C)COC)n1. The van der Waals surface area contributed by atoms with Crippen LogP contribution in [0, 0.1) is 0 Å². The third kappa shape index (κ3) is 3.94. The zero-order valence-electron chi connectivity index (χ0n) is 10.7. The molecule has 0 saturated heterocycles. The Morgan fingerprint density at radius 1 is 1.50 bits per heavy atom. The first-order chi connectivity index (χ1) is 7.67. The van der Waals surface area contributed by atoms with Gasteiger partial charge in [-0.3, -0.25) is 4.68 Å². The minimum Gasteiger partial charge on any atom is -0.383 e. The van der Waals surface area contributed by atoms with Crippen LogP contribution in [0.3, 0.4) is 0 Å². The fourth-order valence-electron chi connectivity index (χ4n) is 1.49. The molecule has 4 heteroatoms. The Kier molecular flexibility index (Phi) is 5.49. The predicted octanol–water partition coefficient (Wildman–Crippen LogP) is 1.98. The molecule has 4 nitrogen and oxygen atoms in total. The quantitative estimate of drug-likeness (QED) is 0.771. The van der Waals surface area contributed by atoms with E-state index in [0.29, 0.717) is 12.1 Å². The van der Waals surface area contributed by atoms with E-state index >= 15 is 0 Å².